The Bertz CT molecular complexity index is 687. The lowest BCUT2D eigenvalue weighted by Gasteiger charge is -2.15. The van der Waals surface area contributed by atoms with E-state index in [1.165, 1.54) is 4.90 Å². The summed E-state index contributed by atoms with van der Waals surface area (Å²) in [4.78, 5) is 13.6. The highest BCUT2D eigenvalue weighted by atomic mass is 16.5. The van der Waals surface area contributed by atoms with Crippen LogP contribution in [-0.4, -0.2) is 24.9 Å². The quantitative estimate of drug-likeness (QED) is 0.865. The van der Waals surface area contributed by atoms with E-state index in [2.05, 4.69) is 6.07 Å². The molecule has 0 aliphatic rings. The van der Waals surface area contributed by atoms with Crippen LogP contribution in [0.25, 0.3) is 0 Å². The topological polar surface area (TPSA) is 53.3 Å². The van der Waals surface area contributed by atoms with Gasteiger partial charge in [0.1, 0.15) is 12.4 Å². The standard InChI is InChI=1S/C17H16N2O2/c1-19(2)17(20)15-9-5-6-10-16(15)21-12-14-8-4-3-7-13(14)11-18/h3-10H,12H2,1-2H3. The van der Waals surface area contributed by atoms with E-state index in [0.717, 1.165) is 5.56 Å². The largest absolute Gasteiger partial charge is 0.488 e. The summed E-state index contributed by atoms with van der Waals surface area (Å²) in [6.45, 7) is 0.251. The highest BCUT2D eigenvalue weighted by Gasteiger charge is 2.14. The number of ether oxygens (including phenoxy) is 1. The van der Waals surface area contributed by atoms with Crippen LogP contribution in [0.1, 0.15) is 21.5 Å². The van der Waals surface area contributed by atoms with Crippen molar-refractivity contribution in [2.24, 2.45) is 0 Å². The van der Waals surface area contributed by atoms with Gasteiger partial charge in [-0.05, 0) is 18.2 Å². The minimum atomic E-state index is -0.112. The summed E-state index contributed by atoms with van der Waals surface area (Å²) in [5, 5.41) is 9.06. The molecule has 0 aromatic heterocycles. The molecule has 4 heteroatoms. The first-order valence-electron chi connectivity index (χ1n) is 6.55. The van der Waals surface area contributed by atoms with Crippen molar-refractivity contribution in [2.45, 2.75) is 6.61 Å². The summed E-state index contributed by atoms with van der Waals surface area (Å²) >= 11 is 0. The maximum Gasteiger partial charge on any atom is 0.257 e. The SMILES string of the molecule is CN(C)C(=O)c1ccccc1OCc1ccccc1C#N. The van der Waals surface area contributed by atoms with Crippen molar-refractivity contribution < 1.29 is 9.53 Å². The van der Waals surface area contributed by atoms with Gasteiger partial charge < -0.3 is 9.64 Å². The van der Waals surface area contributed by atoms with Gasteiger partial charge in [-0.25, -0.2) is 0 Å². The van der Waals surface area contributed by atoms with E-state index >= 15 is 0 Å². The van der Waals surface area contributed by atoms with Gasteiger partial charge in [0.05, 0.1) is 17.2 Å². The third-order valence-electron chi connectivity index (χ3n) is 3.04. The molecule has 0 radical (unpaired) electrons. The number of para-hydroxylation sites is 1. The first kappa shape index (κ1) is 14.6. The summed E-state index contributed by atoms with van der Waals surface area (Å²) in [5.74, 6) is 0.406. The first-order valence-corrected chi connectivity index (χ1v) is 6.55. The number of carbonyl (C=O) groups excluding carboxylic acids is 1. The summed E-state index contributed by atoms with van der Waals surface area (Å²) < 4.78 is 5.74. The number of amides is 1. The van der Waals surface area contributed by atoms with Gasteiger partial charge in [-0.1, -0.05) is 30.3 Å². The zero-order valence-electron chi connectivity index (χ0n) is 12.0. The second kappa shape index (κ2) is 6.58. The minimum absolute atomic E-state index is 0.112. The average Bonchev–Trinajstić information content (AvgIpc) is 2.52. The molecule has 2 aromatic rings. The Morgan fingerprint density at radius 3 is 2.52 bits per heavy atom. The van der Waals surface area contributed by atoms with Crippen LogP contribution in [0, 0.1) is 11.3 Å². The van der Waals surface area contributed by atoms with Crippen molar-refractivity contribution in [3.05, 3.63) is 65.2 Å². The molecular formula is C17H16N2O2. The fourth-order valence-electron chi connectivity index (χ4n) is 1.92. The fraction of sp³-hybridized carbons (Fsp3) is 0.176. The summed E-state index contributed by atoms with van der Waals surface area (Å²) in [7, 11) is 3.40. The summed E-state index contributed by atoms with van der Waals surface area (Å²) in [6, 6.07) is 16.5. The molecule has 4 nitrogen and oxygen atoms in total. The molecule has 0 aliphatic carbocycles. The van der Waals surface area contributed by atoms with Crippen LogP contribution in [0.5, 0.6) is 5.75 Å². The van der Waals surface area contributed by atoms with Crippen LogP contribution in [0.2, 0.25) is 0 Å². The number of hydrogen-bond donors (Lipinski definition) is 0. The molecule has 2 aromatic carbocycles. The lowest BCUT2D eigenvalue weighted by atomic mass is 10.1. The number of rotatable bonds is 4. The Morgan fingerprint density at radius 1 is 1.14 bits per heavy atom. The van der Waals surface area contributed by atoms with Gasteiger partial charge in [0, 0.05) is 19.7 Å². The van der Waals surface area contributed by atoms with Crippen LogP contribution in [-0.2, 0) is 6.61 Å². The van der Waals surface area contributed by atoms with Crippen LogP contribution in [0.4, 0.5) is 0 Å². The fourth-order valence-corrected chi connectivity index (χ4v) is 1.92. The molecule has 21 heavy (non-hydrogen) atoms. The predicted molar refractivity (Wildman–Crippen MR) is 79.9 cm³/mol. The number of benzene rings is 2. The average molecular weight is 280 g/mol. The molecule has 0 spiro atoms. The van der Waals surface area contributed by atoms with E-state index < -0.39 is 0 Å². The van der Waals surface area contributed by atoms with Gasteiger partial charge in [-0.15, -0.1) is 0 Å². The Balaban J connectivity index is 2.21. The van der Waals surface area contributed by atoms with Gasteiger partial charge in [-0.2, -0.15) is 5.26 Å². The molecule has 0 bridgehead atoms. The van der Waals surface area contributed by atoms with Crippen LogP contribution in [0.15, 0.2) is 48.5 Å². The normalized spacial score (nSPS) is 9.76. The molecule has 1 amide bonds. The Morgan fingerprint density at radius 2 is 1.81 bits per heavy atom. The number of nitriles is 1. The second-order valence-electron chi connectivity index (χ2n) is 4.75. The van der Waals surface area contributed by atoms with Gasteiger partial charge >= 0.3 is 0 Å². The minimum Gasteiger partial charge on any atom is -0.488 e. The Kier molecular flexibility index (Phi) is 4.57. The molecule has 0 N–H and O–H groups in total. The first-order chi connectivity index (χ1) is 10.1. The van der Waals surface area contributed by atoms with E-state index in [0.29, 0.717) is 16.9 Å². The van der Waals surface area contributed by atoms with Crippen molar-refractivity contribution >= 4 is 5.91 Å². The maximum atomic E-state index is 12.1. The van der Waals surface area contributed by atoms with Crippen molar-refractivity contribution in [2.75, 3.05) is 14.1 Å². The van der Waals surface area contributed by atoms with Crippen molar-refractivity contribution in [1.82, 2.24) is 4.90 Å². The smallest absolute Gasteiger partial charge is 0.257 e. The number of hydrogen-bond acceptors (Lipinski definition) is 3. The second-order valence-corrected chi connectivity index (χ2v) is 4.75. The van der Waals surface area contributed by atoms with Crippen molar-refractivity contribution in [3.8, 4) is 11.8 Å². The lowest BCUT2D eigenvalue weighted by Crippen LogP contribution is -2.22. The molecule has 0 atom stereocenters. The van der Waals surface area contributed by atoms with Crippen LogP contribution in [0.3, 0.4) is 0 Å². The van der Waals surface area contributed by atoms with Gasteiger partial charge in [0.2, 0.25) is 0 Å². The van der Waals surface area contributed by atoms with E-state index in [-0.39, 0.29) is 12.5 Å². The molecular weight excluding hydrogens is 264 g/mol. The van der Waals surface area contributed by atoms with E-state index in [1.807, 2.05) is 24.3 Å². The molecule has 0 fully saturated rings. The van der Waals surface area contributed by atoms with Gasteiger partial charge in [0.15, 0.2) is 0 Å². The zero-order chi connectivity index (χ0) is 15.2. The highest BCUT2D eigenvalue weighted by Crippen LogP contribution is 2.21. The third-order valence-corrected chi connectivity index (χ3v) is 3.04. The summed E-state index contributed by atoms with van der Waals surface area (Å²) in [6.07, 6.45) is 0. The molecule has 0 saturated carbocycles. The van der Waals surface area contributed by atoms with Crippen LogP contribution >= 0.6 is 0 Å². The highest BCUT2D eigenvalue weighted by molar-refractivity contribution is 5.96. The molecule has 0 aliphatic heterocycles. The molecule has 106 valence electrons. The van der Waals surface area contributed by atoms with Crippen LogP contribution < -0.4 is 4.74 Å². The van der Waals surface area contributed by atoms with E-state index in [1.54, 1.807) is 38.4 Å². The van der Waals surface area contributed by atoms with Gasteiger partial charge in [0.25, 0.3) is 5.91 Å². The molecule has 0 heterocycles. The Hall–Kier alpha value is -2.80. The molecule has 0 saturated heterocycles. The predicted octanol–water partition coefficient (Wildman–Crippen LogP) is 2.84. The molecule has 0 unspecified atom stereocenters. The molecule has 2 rings (SSSR count). The third kappa shape index (κ3) is 3.40. The van der Waals surface area contributed by atoms with E-state index in [9.17, 15) is 4.79 Å². The summed E-state index contributed by atoms with van der Waals surface area (Å²) in [5.41, 5.74) is 1.89. The Labute approximate surface area is 124 Å². The maximum absolute atomic E-state index is 12.1. The van der Waals surface area contributed by atoms with Gasteiger partial charge in [-0.3, -0.25) is 4.79 Å². The number of nitrogens with zero attached hydrogens (tertiary/aromatic N) is 2. The van der Waals surface area contributed by atoms with Crippen molar-refractivity contribution in [3.63, 3.8) is 0 Å². The van der Waals surface area contributed by atoms with Crippen molar-refractivity contribution in [1.29, 1.82) is 5.26 Å². The van der Waals surface area contributed by atoms with E-state index in [4.69, 9.17) is 10.00 Å². The monoisotopic (exact) mass is 280 g/mol. The lowest BCUT2D eigenvalue weighted by molar-refractivity contribution is 0.0822. The number of carbonyl (C=O) groups is 1. The zero-order valence-corrected chi connectivity index (χ0v) is 12.0.